The normalized spacial score (nSPS) is 10.6. The number of nitrogens with zero attached hydrogens (tertiary/aromatic N) is 2. The molecular formula is C12H22N4O. The highest BCUT2D eigenvalue weighted by Crippen LogP contribution is 2.10. The van der Waals surface area contributed by atoms with Gasteiger partial charge in [-0.3, -0.25) is 4.98 Å². The van der Waals surface area contributed by atoms with Crippen LogP contribution in [0.15, 0.2) is 12.4 Å². The average Bonchev–Trinajstić information content (AvgIpc) is 2.28. The molecule has 1 rings (SSSR count). The summed E-state index contributed by atoms with van der Waals surface area (Å²) >= 11 is 0. The maximum atomic E-state index is 5.47. The number of rotatable bonds is 8. The van der Waals surface area contributed by atoms with Crippen LogP contribution in [0.1, 0.15) is 27.2 Å². The van der Waals surface area contributed by atoms with Gasteiger partial charge in [0, 0.05) is 6.54 Å². The molecule has 0 aliphatic heterocycles. The van der Waals surface area contributed by atoms with Crippen LogP contribution in [0.4, 0.5) is 5.82 Å². The van der Waals surface area contributed by atoms with Crippen LogP contribution in [0.3, 0.4) is 0 Å². The van der Waals surface area contributed by atoms with Gasteiger partial charge in [-0.25, -0.2) is 0 Å². The maximum Gasteiger partial charge on any atom is 0.234 e. The van der Waals surface area contributed by atoms with Gasteiger partial charge in [0.1, 0.15) is 5.82 Å². The third kappa shape index (κ3) is 6.06. The lowest BCUT2D eigenvalue weighted by atomic mass is 10.4. The molecule has 0 aliphatic carbocycles. The van der Waals surface area contributed by atoms with E-state index in [1.165, 1.54) is 0 Å². The van der Waals surface area contributed by atoms with Crippen molar-refractivity contribution in [3.63, 3.8) is 0 Å². The molecule has 0 saturated carbocycles. The van der Waals surface area contributed by atoms with Gasteiger partial charge in [-0.1, -0.05) is 6.92 Å². The molecule has 5 nitrogen and oxygen atoms in total. The molecule has 0 aliphatic rings. The SMILES string of the molecule is CCNCCCNc1cncc(OC(C)C)n1. The number of hydrogen-bond acceptors (Lipinski definition) is 5. The molecule has 0 fully saturated rings. The second-order valence-electron chi connectivity index (χ2n) is 4.04. The van der Waals surface area contributed by atoms with Crippen molar-refractivity contribution in [2.75, 3.05) is 25.0 Å². The largest absolute Gasteiger partial charge is 0.474 e. The number of anilines is 1. The van der Waals surface area contributed by atoms with Crippen molar-refractivity contribution in [1.29, 1.82) is 0 Å². The predicted molar refractivity (Wildman–Crippen MR) is 69.4 cm³/mol. The number of aromatic nitrogens is 2. The van der Waals surface area contributed by atoms with Crippen LogP contribution in [0.2, 0.25) is 0 Å². The van der Waals surface area contributed by atoms with Gasteiger partial charge in [0.25, 0.3) is 0 Å². The monoisotopic (exact) mass is 238 g/mol. The van der Waals surface area contributed by atoms with Gasteiger partial charge in [-0.05, 0) is 33.4 Å². The van der Waals surface area contributed by atoms with Crippen LogP contribution in [-0.4, -0.2) is 35.7 Å². The zero-order chi connectivity index (χ0) is 12.5. The van der Waals surface area contributed by atoms with Gasteiger partial charge < -0.3 is 15.4 Å². The zero-order valence-corrected chi connectivity index (χ0v) is 10.9. The molecular weight excluding hydrogens is 216 g/mol. The number of ether oxygens (including phenoxy) is 1. The second kappa shape index (κ2) is 7.84. The van der Waals surface area contributed by atoms with E-state index in [9.17, 15) is 0 Å². The van der Waals surface area contributed by atoms with E-state index < -0.39 is 0 Å². The molecule has 5 heteroatoms. The first-order chi connectivity index (χ1) is 8.22. The van der Waals surface area contributed by atoms with E-state index in [4.69, 9.17) is 4.74 Å². The molecule has 0 spiro atoms. The van der Waals surface area contributed by atoms with Gasteiger partial charge in [0.2, 0.25) is 5.88 Å². The second-order valence-corrected chi connectivity index (χ2v) is 4.04. The van der Waals surface area contributed by atoms with Gasteiger partial charge in [-0.15, -0.1) is 0 Å². The van der Waals surface area contributed by atoms with Crippen LogP contribution in [0.25, 0.3) is 0 Å². The summed E-state index contributed by atoms with van der Waals surface area (Å²) < 4.78 is 5.47. The van der Waals surface area contributed by atoms with E-state index in [1.807, 2.05) is 13.8 Å². The third-order valence-corrected chi connectivity index (χ3v) is 2.06. The van der Waals surface area contributed by atoms with E-state index in [2.05, 4.69) is 27.5 Å². The molecule has 1 heterocycles. The molecule has 2 N–H and O–H groups in total. The van der Waals surface area contributed by atoms with Crippen LogP contribution < -0.4 is 15.4 Å². The Hall–Kier alpha value is -1.36. The van der Waals surface area contributed by atoms with Crippen LogP contribution in [0.5, 0.6) is 5.88 Å². The Morgan fingerprint density at radius 3 is 2.82 bits per heavy atom. The topological polar surface area (TPSA) is 59.1 Å². The standard InChI is InChI=1S/C12H22N4O/c1-4-13-6-5-7-15-11-8-14-9-12(16-11)17-10(2)3/h8-10,13H,4-7H2,1-3H3,(H,15,16). The highest BCUT2D eigenvalue weighted by Gasteiger charge is 2.01. The van der Waals surface area contributed by atoms with Crippen molar-refractivity contribution < 1.29 is 4.74 Å². The Kier molecular flexibility index (Phi) is 6.32. The first-order valence-corrected chi connectivity index (χ1v) is 6.15. The highest BCUT2D eigenvalue weighted by atomic mass is 16.5. The maximum absolute atomic E-state index is 5.47. The van der Waals surface area contributed by atoms with Crippen LogP contribution in [0, 0.1) is 0 Å². The molecule has 1 aromatic rings. The molecule has 96 valence electrons. The molecule has 0 radical (unpaired) electrons. The summed E-state index contributed by atoms with van der Waals surface area (Å²) in [7, 11) is 0. The van der Waals surface area contributed by atoms with Crippen molar-refractivity contribution in [3.8, 4) is 5.88 Å². The lowest BCUT2D eigenvalue weighted by Gasteiger charge is -2.10. The van der Waals surface area contributed by atoms with Crippen molar-refractivity contribution >= 4 is 5.82 Å². The minimum atomic E-state index is 0.119. The van der Waals surface area contributed by atoms with E-state index in [0.717, 1.165) is 31.9 Å². The van der Waals surface area contributed by atoms with E-state index in [1.54, 1.807) is 12.4 Å². The lowest BCUT2D eigenvalue weighted by molar-refractivity contribution is 0.232. The molecule has 1 aromatic heterocycles. The van der Waals surface area contributed by atoms with E-state index in [-0.39, 0.29) is 6.10 Å². The Balaban J connectivity index is 2.32. The molecule has 0 atom stereocenters. The fraction of sp³-hybridized carbons (Fsp3) is 0.667. The average molecular weight is 238 g/mol. The Morgan fingerprint density at radius 2 is 2.12 bits per heavy atom. The smallest absolute Gasteiger partial charge is 0.234 e. The van der Waals surface area contributed by atoms with Crippen molar-refractivity contribution in [2.24, 2.45) is 0 Å². The molecule has 0 bridgehead atoms. The van der Waals surface area contributed by atoms with Crippen molar-refractivity contribution in [2.45, 2.75) is 33.3 Å². The summed E-state index contributed by atoms with van der Waals surface area (Å²) in [5.74, 6) is 1.33. The van der Waals surface area contributed by atoms with Gasteiger partial charge in [0.05, 0.1) is 18.5 Å². The summed E-state index contributed by atoms with van der Waals surface area (Å²) in [6, 6.07) is 0. The minimum Gasteiger partial charge on any atom is -0.474 e. The first-order valence-electron chi connectivity index (χ1n) is 6.15. The molecule has 17 heavy (non-hydrogen) atoms. The van der Waals surface area contributed by atoms with Crippen molar-refractivity contribution in [3.05, 3.63) is 12.4 Å². The zero-order valence-electron chi connectivity index (χ0n) is 10.9. The summed E-state index contributed by atoms with van der Waals surface area (Å²) in [4.78, 5) is 8.40. The fourth-order valence-corrected chi connectivity index (χ4v) is 1.34. The predicted octanol–water partition coefficient (Wildman–Crippen LogP) is 1.68. The minimum absolute atomic E-state index is 0.119. The van der Waals surface area contributed by atoms with Gasteiger partial charge in [-0.2, -0.15) is 4.98 Å². The molecule has 0 amide bonds. The van der Waals surface area contributed by atoms with E-state index in [0.29, 0.717) is 5.88 Å². The Morgan fingerprint density at radius 1 is 1.29 bits per heavy atom. The Labute approximate surface area is 103 Å². The van der Waals surface area contributed by atoms with E-state index >= 15 is 0 Å². The fourth-order valence-electron chi connectivity index (χ4n) is 1.34. The summed E-state index contributed by atoms with van der Waals surface area (Å²) in [6.07, 6.45) is 4.52. The Bertz CT molecular complexity index is 317. The van der Waals surface area contributed by atoms with Gasteiger partial charge >= 0.3 is 0 Å². The molecule has 0 unspecified atom stereocenters. The van der Waals surface area contributed by atoms with Crippen LogP contribution in [-0.2, 0) is 0 Å². The summed E-state index contributed by atoms with van der Waals surface area (Å²) in [5.41, 5.74) is 0. The molecule has 0 aromatic carbocycles. The summed E-state index contributed by atoms with van der Waals surface area (Å²) in [5, 5.41) is 6.49. The first kappa shape index (κ1) is 13.7. The number of hydrogen-bond donors (Lipinski definition) is 2. The highest BCUT2D eigenvalue weighted by molar-refractivity contribution is 5.33. The molecule has 0 saturated heterocycles. The third-order valence-electron chi connectivity index (χ3n) is 2.06. The van der Waals surface area contributed by atoms with Crippen LogP contribution >= 0.6 is 0 Å². The summed E-state index contributed by atoms with van der Waals surface area (Å²) in [6.45, 7) is 8.95. The number of nitrogens with one attached hydrogen (secondary N) is 2. The quantitative estimate of drug-likeness (QED) is 0.675. The lowest BCUT2D eigenvalue weighted by Crippen LogP contribution is -2.17. The van der Waals surface area contributed by atoms with Crippen molar-refractivity contribution in [1.82, 2.24) is 15.3 Å². The van der Waals surface area contributed by atoms with Gasteiger partial charge in [0.15, 0.2) is 0 Å².